The van der Waals surface area contributed by atoms with Crippen LogP contribution in [0.15, 0.2) is 72.1 Å². The van der Waals surface area contributed by atoms with E-state index in [0.717, 1.165) is 22.4 Å². The molecule has 1 atom stereocenters. The van der Waals surface area contributed by atoms with Crippen molar-refractivity contribution < 1.29 is 22.6 Å². The van der Waals surface area contributed by atoms with Crippen LogP contribution in [0.5, 0.6) is 23.0 Å². The second-order valence-corrected chi connectivity index (χ2v) is 11.0. The van der Waals surface area contributed by atoms with E-state index in [1.165, 1.54) is 9.87 Å². The van der Waals surface area contributed by atoms with Gasteiger partial charge in [0.25, 0.3) is 10.0 Å². The number of methoxy groups -OCH3 is 1. The van der Waals surface area contributed by atoms with E-state index >= 15 is 0 Å². The van der Waals surface area contributed by atoms with Gasteiger partial charge in [-0.2, -0.15) is 4.31 Å². The Kier molecular flexibility index (Phi) is 7.71. The second kappa shape index (κ2) is 10.8. The molecule has 0 aromatic heterocycles. The molecule has 4 rings (SSSR count). The maximum atomic E-state index is 14.1. The zero-order valence-corrected chi connectivity index (χ0v) is 22.1. The molecule has 0 saturated heterocycles. The van der Waals surface area contributed by atoms with Crippen molar-refractivity contribution in [2.24, 2.45) is 0 Å². The van der Waals surface area contributed by atoms with Crippen LogP contribution in [0.2, 0.25) is 0 Å². The predicted octanol–water partition coefficient (Wildman–Crippen LogP) is 6.33. The first-order valence-electron chi connectivity index (χ1n) is 12.0. The van der Waals surface area contributed by atoms with E-state index in [2.05, 4.69) is 13.5 Å². The number of nitrogens with zero attached hydrogens (tertiary/aromatic N) is 1. The lowest BCUT2D eigenvalue weighted by atomic mass is 10.0. The highest BCUT2D eigenvalue weighted by Gasteiger charge is 2.37. The Bertz CT molecular complexity index is 1330. The molecule has 1 aliphatic heterocycles. The summed E-state index contributed by atoms with van der Waals surface area (Å²) in [5, 5.41) is 0. The lowest BCUT2D eigenvalue weighted by molar-refractivity contribution is 0.164. The van der Waals surface area contributed by atoms with E-state index in [1.807, 2.05) is 56.3 Å². The number of rotatable bonds is 8. The Morgan fingerprint density at radius 1 is 1.06 bits per heavy atom. The third-order valence-electron chi connectivity index (χ3n) is 6.58. The van der Waals surface area contributed by atoms with Gasteiger partial charge in [0.2, 0.25) is 0 Å². The van der Waals surface area contributed by atoms with Crippen LogP contribution in [0.25, 0.3) is 0 Å². The molecular weight excluding hydrogens is 474 g/mol. The van der Waals surface area contributed by atoms with Crippen LogP contribution in [-0.4, -0.2) is 32.5 Å². The fourth-order valence-corrected chi connectivity index (χ4v) is 5.99. The van der Waals surface area contributed by atoms with E-state index in [-0.39, 0.29) is 29.8 Å². The molecule has 0 spiro atoms. The molecule has 36 heavy (non-hydrogen) atoms. The largest absolute Gasteiger partial charge is 0.497 e. The predicted molar refractivity (Wildman–Crippen MR) is 142 cm³/mol. The van der Waals surface area contributed by atoms with Crippen LogP contribution in [0.1, 0.15) is 35.1 Å². The first-order valence-corrected chi connectivity index (χ1v) is 13.5. The van der Waals surface area contributed by atoms with Crippen LogP contribution in [0.4, 0.5) is 0 Å². The maximum Gasteiger partial charge on any atom is 0.250 e. The quantitative estimate of drug-likeness (QED) is 0.333. The summed E-state index contributed by atoms with van der Waals surface area (Å²) >= 11 is 0. The van der Waals surface area contributed by atoms with Crippen LogP contribution < -0.4 is 14.2 Å². The topological polar surface area (TPSA) is 65.1 Å². The van der Waals surface area contributed by atoms with Crippen molar-refractivity contribution in [3.05, 3.63) is 89.5 Å². The summed E-state index contributed by atoms with van der Waals surface area (Å²) < 4.78 is 47.4. The van der Waals surface area contributed by atoms with E-state index in [0.29, 0.717) is 24.3 Å². The van der Waals surface area contributed by atoms with Crippen molar-refractivity contribution >= 4 is 10.0 Å². The lowest BCUT2D eigenvalue weighted by Gasteiger charge is -2.23. The van der Waals surface area contributed by atoms with Gasteiger partial charge in [0.05, 0.1) is 13.7 Å². The van der Waals surface area contributed by atoms with E-state index in [9.17, 15) is 8.42 Å². The van der Waals surface area contributed by atoms with Gasteiger partial charge in [-0.05, 0) is 92.3 Å². The summed E-state index contributed by atoms with van der Waals surface area (Å²) in [6.07, 6.45) is 2.86. The van der Waals surface area contributed by atoms with Gasteiger partial charge in [-0.1, -0.05) is 24.3 Å². The van der Waals surface area contributed by atoms with Gasteiger partial charge in [-0.25, -0.2) is 8.42 Å². The summed E-state index contributed by atoms with van der Waals surface area (Å²) in [6, 6.07) is 16.4. The molecule has 0 amide bonds. The average Bonchev–Trinajstić information content (AvgIpc) is 2.95. The molecule has 0 fully saturated rings. The van der Waals surface area contributed by atoms with Crippen molar-refractivity contribution in [3.63, 3.8) is 0 Å². The van der Waals surface area contributed by atoms with E-state index in [1.54, 1.807) is 25.3 Å². The molecule has 1 heterocycles. The molecule has 190 valence electrons. The van der Waals surface area contributed by atoms with Crippen LogP contribution in [-0.2, 0) is 16.6 Å². The smallest absolute Gasteiger partial charge is 0.250 e. The van der Waals surface area contributed by atoms with Crippen molar-refractivity contribution in [2.75, 3.05) is 13.7 Å². The van der Waals surface area contributed by atoms with Gasteiger partial charge in [0, 0.05) is 6.54 Å². The number of sulfonamides is 1. The molecule has 7 heteroatoms. The molecule has 0 bridgehead atoms. The Balaban J connectivity index is 1.77. The summed E-state index contributed by atoms with van der Waals surface area (Å²) in [5.74, 6) is 1.86. The summed E-state index contributed by atoms with van der Waals surface area (Å²) in [6.45, 7) is 10.3. The van der Waals surface area contributed by atoms with Crippen LogP contribution in [0.3, 0.4) is 0 Å². The van der Waals surface area contributed by atoms with Gasteiger partial charge in [-0.3, -0.25) is 0 Å². The highest BCUT2D eigenvalue weighted by atomic mass is 32.2. The number of hydrogen-bond donors (Lipinski definition) is 0. The minimum absolute atomic E-state index is 0.0514. The zero-order valence-electron chi connectivity index (χ0n) is 21.3. The maximum absolute atomic E-state index is 14.1. The highest BCUT2D eigenvalue weighted by Crippen LogP contribution is 2.41. The van der Waals surface area contributed by atoms with Gasteiger partial charge >= 0.3 is 0 Å². The third-order valence-corrected chi connectivity index (χ3v) is 8.46. The Hall–Kier alpha value is -3.29. The normalized spacial score (nSPS) is 16.9. The number of aryl methyl sites for hydroxylation is 2. The number of benzene rings is 3. The third kappa shape index (κ3) is 5.42. The van der Waals surface area contributed by atoms with E-state index in [4.69, 9.17) is 14.2 Å². The molecule has 0 N–H and O–H groups in total. The Morgan fingerprint density at radius 2 is 1.75 bits per heavy atom. The first kappa shape index (κ1) is 25.8. The van der Waals surface area contributed by atoms with E-state index < -0.39 is 10.0 Å². The fraction of sp³-hybridized carbons (Fsp3) is 0.310. The van der Waals surface area contributed by atoms with Gasteiger partial charge in [-0.15, -0.1) is 6.58 Å². The molecule has 3 aromatic carbocycles. The van der Waals surface area contributed by atoms with Crippen molar-refractivity contribution in [1.82, 2.24) is 4.31 Å². The highest BCUT2D eigenvalue weighted by molar-refractivity contribution is 7.89. The number of fused-ring (bicyclic) bond motifs is 1. The van der Waals surface area contributed by atoms with Crippen molar-refractivity contribution in [1.29, 1.82) is 0 Å². The molecule has 6 nitrogen and oxygen atoms in total. The second-order valence-electron chi connectivity index (χ2n) is 9.12. The number of hydrogen-bond acceptors (Lipinski definition) is 5. The molecular formula is C29H33NO5S. The number of allylic oxidation sites excluding steroid dienone is 1. The molecule has 1 aliphatic rings. The average molecular weight is 508 g/mol. The zero-order chi connectivity index (χ0) is 25.9. The Labute approximate surface area is 214 Å². The van der Waals surface area contributed by atoms with Gasteiger partial charge in [0.1, 0.15) is 23.4 Å². The Morgan fingerprint density at radius 3 is 2.39 bits per heavy atom. The van der Waals surface area contributed by atoms with Crippen molar-refractivity contribution in [3.8, 4) is 23.0 Å². The monoisotopic (exact) mass is 507 g/mol. The lowest BCUT2D eigenvalue weighted by Crippen LogP contribution is -2.36. The standard InChI is InChI=1S/C29H33NO5S/c1-6-7-9-25-19-30(18-23-12-14-24(33-5)15-13-23)36(31,32)29-27(34-25)10-8-11-28(29)35-26-16-20(2)22(4)21(3)17-26/h6,8,10-17,25H,1,7,9,18-19H2,2-5H3. The van der Waals surface area contributed by atoms with Gasteiger partial charge < -0.3 is 14.2 Å². The first-order chi connectivity index (χ1) is 17.2. The fourth-order valence-electron chi connectivity index (χ4n) is 4.31. The minimum Gasteiger partial charge on any atom is -0.497 e. The molecule has 1 unspecified atom stereocenters. The summed E-state index contributed by atoms with van der Waals surface area (Å²) in [7, 11) is -2.34. The SMILES string of the molecule is C=CCCC1CN(Cc2ccc(OC)cc2)S(=O)(=O)c2c(Oc3cc(C)c(C)c(C)c3)cccc2O1. The summed E-state index contributed by atoms with van der Waals surface area (Å²) in [4.78, 5) is 0.0514. The van der Waals surface area contributed by atoms with Crippen molar-refractivity contribution in [2.45, 2.75) is 51.2 Å². The number of ether oxygens (including phenoxy) is 3. The summed E-state index contributed by atoms with van der Waals surface area (Å²) in [5.41, 5.74) is 4.20. The molecule has 3 aromatic rings. The van der Waals surface area contributed by atoms with Crippen LogP contribution in [0, 0.1) is 20.8 Å². The van der Waals surface area contributed by atoms with Crippen LogP contribution >= 0.6 is 0 Å². The minimum atomic E-state index is -3.94. The van der Waals surface area contributed by atoms with Gasteiger partial charge in [0.15, 0.2) is 10.6 Å². The molecule has 0 saturated carbocycles. The molecule has 0 radical (unpaired) electrons. The molecule has 0 aliphatic carbocycles.